The van der Waals surface area contributed by atoms with Crippen molar-refractivity contribution in [2.45, 2.75) is 36.7 Å². The second-order valence-corrected chi connectivity index (χ2v) is 7.25. The molecule has 0 aromatic heterocycles. The van der Waals surface area contributed by atoms with Crippen molar-refractivity contribution in [3.63, 3.8) is 0 Å². The quantitative estimate of drug-likeness (QED) is 0.847. The highest BCUT2D eigenvalue weighted by atomic mass is 32.2. The van der Waals surface area contributed by atoms with E-state index in [1.165, 1.54) is 4.90 Å². The summed E-state index contributed by atoms with van der Waals surface area (Å²) in [5.74, 6) is -1.34. The molecule has 1 saturated heterocycles. The van der Waals surface area contributed by atoms with Gasteiger partial charge in [0.05, 0.1) is 16.6 Å². The van der Waals surface area contributed by atoms with Gasteiger partial charge >= 0.3 is 0 Å². The number of benzene rings is 1. The number of halogens is 1. The highest BCUT2D eigenvalue weighted by Crippen LogP contribution is 2.18. The van der Waals surface area contributed by atoms with Crippen molar-refractivity contribution < 1.29 is 22.3 Å². The minimum atomic E-state index is -3.98. The first-order valence-electron chi connectivity index (χ1n) is 7.48. The van der Waals surface area contributed by atoms with Gasteiger partial charge in [-0.15, -0.1) is 0 Å². The van der Waals surface area contributed by atoms with Crippen LogP contribution in [0.25, 0.3) is 0 Å². The van der Waals surface area contributed by atoms with E-state index in [1.54, 1.807) is 7.05 Å². The lowest BCUT2D eigenvalue weighted by molar-refractivity contribution is 0.0758. The first-order valence-corrected chi connectivity index (χ1v) is 9.03. The Kier molecular flexibility index (Phi) is 5.72. The number of nitrogens with zero attached hydrogens (tertiary/aromatic N) is 1. The standard InChI is InChI=1S/C15H21FN2O4S/c1-18(8-2-4-11-5-3-9-22-11)15(19)13-10-12(23(17,20)21)6-7-14(13)16/h6-7,10-11H,2-5,8-9H2,1H3,(H2,17,20,21)/t11-/m0/s1. The van der Waals surface area contributed by atoms with Gasteiger partial charge in [0, 0.05) is 20.2 Å². The average molecular weight is 344 g/mol. The summed E-state index contributed by atoms with van der Waals surface area (Å²) in [7, 11) is -2.43. The molecule has 1 atom stereocenters. The van der Waals surface area contributed by atoms with Gasteiger partial charge < -0.3 is 9.64 Å². The van der Waals surface area contributed by atoms with Gasteiger partial charge in [-0.2, -0.15) is 0 Å². The molecular formula is C15H21FN2O4S. The Bertz CT molecular complexity index is 672. The molecular weight excluding hydrogens is 323 g/mol. The Morgan fingerprint density at radius 3 is 2.83 bits per heavy atom. The van der Waals surface area contributed by atoms with Gasteiger partial charge in [0.25, 0.3) is 5.91 Å². The number of hydrogen-bond donors (Lipinski definition) is 1. The van der Waals surface area contributed by atoms with E-state index in [1.807, 2.05) is 0 Å². The molecule has 128 valence electrons. The van der Waals surface area contributed by atoms with Gasteiger partial charge in [-0.05, 0) is 43.9 Å². The Morgan fingerprint density at radius 2 is 2.22 bits per heavy atom. The van der Waals surface area contributed by atoms with Gasteiger partial charge in [0.2, 0.25) is 10.0 Å². The van der Waals surface area contributed by atoms with E-state index in [4.69, 9.17) is 9.88 Å². The van der Waals surface area contributed by atoms with Crippen LogP contribution < -0.4 is 5.14 Å². The normalized spacial score (nSPS) is 18.1. The summed E-state index contributed by atoms with van der Waals surface area (Å²) in [4.78, 5) is 13.4. The molecule has 0 unspecified atom stereocenters. The van der Waals surface area contributed by atoms with E-state index in [0.717, 1.165) is 50.5 Å². The Hall–Kier alpha value is -1.51. The van der Waals surface area contributed by atoms with Gasteiger partial charge in [-0.25, -0.2) is 17.9 Å². The van der Waals surface area contributed by atoms with Crippen LogP contribution in [0.2, 0.25) is 0 Å². The van der Waals surface area contributed by atoms with Crippen molar-refractivity contribution >= 4 is 15.9 Å². The molecule has 1 aromatic rings. The summed E-state index contributed by atoms with van der Waals surface area (Å²) in [5, 5.41) is 5.01. The number of nitrogens with two attached hydrogens (primary N) is 1. The van der Waals surface area contributed by atoms with E-state index in [9.17, 15) is 17.6 Å². The Balaban J connectivity index is 2.00. The Labute approximate surface area is 135 Å². The van der Waals surface area contributed by atoms with Gasteiger partial charge in [0.1, 0.15) is 5.82 Å². The summed E-state index contributed by atoms with van der Waals surface area (Å²) in [5.41, 5.74) is -0.295. The molecule has 1 aliphatic heterocycles. The third kappa shape index (κ3) is 4.73. The molecule has 23 heavy (non-hydrogen) atoms. The molecule has 1 fully saturated rings. The summed E-state index contributed by atoms with van der Waals surface area (Å²) >= 11 is 0. The minimum absolute atomic E-state index is 0.237. The number of hydrogen-bond acceptors (Lipinski definition) is 4. The van der Waals surface area contributed by atoms with E-state index >= 15 is 0 Å². The number of sulfonamides is 1. The molecule has 1 heterocycles. The highest BCUT2D eigenvalue weighted by Gasteiger charge is 2.20. The molecule has 0 spiro atoms. The fourth-order valence-corrected chi connectivity index (χ4v) is 3.12. The zero-order chi connectivity index (χ0) is 17.0. The van der Waals surface area contributed by atoms with E-state index in [-0.39, 0.29) is 16.6 Å². The van der Waals surface area contributed by atoms with Crippen LogP contribution in [0.4, 0.5) is 4.39 Å². The zero-order valence-corrected chi connectivity index (χ0v) is 13.8. The fraction of sp³-hybridized carbons (Fsp3) is 0.533. The van der Waals surface area contributed by atoms with Crippen LogP contribution in [0.3, 0.4) is 0 Å². The van der Waals surface area contributed by atoms with Gasteiger partial charge in [0.15, 0.2) is 0 Å². The number of amides is 1. The lowest BCUT2D eigenvalue weighted by Gasteiger charge is -2.19. The molecule has 0 aliphatic carbocycles. The van der Waals surface area contributed by atoms with Crippen LogP contribution in [0.15, 0.2) is 23.1 Å². The number of carbonyl (C=O) groups excluding carboxylic acids is 1. The van der Waals surface area contributed by atoms with Crippen molar-refractivity contribution in [2.75, 3.05) is 20.2 Å². The van der Waals surface area contributed by atoms with E-state index < -0.39 is 21.7 Å². The van der Waals surface area contributed by atoms with Crippen molar-refractivity contribution in [2.24, 2.45) is 5.14 Å². The largest absolute Gasteiger partial charge is 0.378 e. The second kappa shape index (κ2) is 7.37. The third-order valence-corrected chi connectivity index (χ3v) is 4.80. The molecule has 0 radical (unpaired) electrons. The number of ether oxygens (including phenoxy) is 1. The maximum absolute atomic E-state index is 13.8. The zero-order valence-electron chi connectivity index (χ0n) is 13.0. The lowest BCUT2D eigenvalue weighted by Crippen LogP contribution is -2.29. The van der Waals surface area contributed by atoms with Gasteiger partial charge in [-0.1, -0.05) is 0 Å². The van der Waals surface area contributed by atoms with Crippen LogP contribution in [0.5, 0.6) is 0 Å². The average Bonchev–Trinajstić information content (AvgIpc) is 2.99. The second-order valence-electron chi connectivity index (χ2n) is 5.69. The van der Waals surface area contributed by atoms with Crippen molar-refractivity contribution in [3.05, 3.63) is 29.6 Å². The summed E-state index contributed by atoms with van der Waals surface area (Å²) < 4.78 is 42.0. The van der Waals surface area contributed by atoms with Crippen LogP contribution >= 0.6 is 0 Å². The first kappa shape index (κ1) is 17.8. The van der Waals surface area contributed by atoms with Crippen molar-refractivity contribution in [3.8, 4) is 0 Å². The van der Waals surface area contributed by atoms with Crippen molar-refractivity contribution in [1.29, 1.82) is 0 Å². The van der Waals surface area contributed by atoms with E-state index in [2.05, 4.69) is 0 Å². The molecule has 0 bridgehead atoms. The van der Waals surface area contributed by atoms with Crippen LogP contribution in [-0.2, 0) is 14.8 Å². The molecule has 6 nitrogen and oxygen atoms in total. The summed E-state index contributed by atoms with van der Waals surface area (Å²) in [6, 6.07) is 2.95. The topological polar surface area (TPSA) is 89.7 Å². The number of carbonyl (C=O) groups is 1. The molecule has 1 amide bonds. The smallest absolute Gasteiger partial charge is 0.256 e. The molecule has 1 aliphatic rings. The monoisotopic (exact) mass is 344 g/mol. The van der Waals surface area contributed by atoms with Crippen LogP contribution in [-0.4, -0.2) is 45.5 Å². The molecule has 2 rings (SSSR count). The van der Waals surface area contributed by atoms with Crippen molar-refractivity contribution in [1.82, 2.24) is 4.90 Å². The predicted octanol–water partition coefficient (Wildman–Crippen LogP) is 1.50. The molecule has 0 saturated carbocycles. The predicted molar refractivity (Wildman–Crippen MR) is 82.9 cm³/mol. The molecule has 2 N–H and O–H groups in total. The summed E-state index contributed by atoms with van der Waals surface area (Å²) in [6.45, 7) is 1.22. The minimum Gasteiger partial charge on any atom is -0.378 e. The fourth-order valence-electron chi connectivity index (χ4n) is 2.58. The highest BCUT2D eigenvalue weighted by molar-refractivity contribution is 7.89. The Morgan fingerprint density at radius 1 is 1.48 bits per heavy atom. The SMILES string of the molecule is CN(CCC[C@H]1CCCO1)C(=O)c1cc(S(N)(=O)=O)ccc1F. The lowest BCUT2D eigenvalue weighted by atomic mass is 10.1. The summed E-state index contributed by atoms with van der Waals surface area (Å²) in [6.07, 6.45) is 3.91. The third-order valence-electron chi connectivity index (χ3n) is 3.89. The molecule has 8 heteroatoms. The van der Waals surface area contributed by atoms with Crippen LogP contribution in [0, 0.1) is 5.82 Å². The van der Waals surface area contributed by atoms with E-state index in [0.29, 0.717) is 6.54 Å². The van der Waals surface area contributed by atoms with Crippen LogP contribution in [0.1, 0.15) is 36.0 Å². The maximum Gasteiger partial charge on any atom is 0.256 e. The maximum atomic E-state index is 13.8. The number of primary sulfonamides is 1. The number of rotatable bonds is 6. The molecule has 1 aromatic carbocycles. The first-order chi connectivity index (χ1) is 10.8. The van der Waals surface area contributed by atoms with Gasteiger partial charge in [-0.3, -0.25) is 4.79 Å².